The first-order chi connectivity index (χ1) is 8.16. The van der Waals surface area contributed by atoms with Crippen LogP contribution in [0.4, 0.5) is 4.39 Å². The van der Waals surface area contributed by atoms with Gasteiger partial charge in [-0.2, -0.15) is 0 Å². The summed E-state index contributed by atoms with van der Waals surface area (Å²) in [6.07, 6.45) is 2.06. The fourth-order valence-electron chi connectivity index (χ4n) is 2.38. The van der Waals surface area contributed by atoms with Gasteiger partial charge in [0, 0.05) is 30.7 Å². The third-order valence-corrected chi connectivity index (χ3v) is 3.44. The van der Waals surface area contributed by atoms with Crippen LogP contribution in [0.5, 0.6) is 5.75 Å². The van der Waals surface area contributed by atoms with Gasteiger partial charge in [-0.15, -0.1) is 0 Å². The molecule has 0 atom stereocenters. The molecule has 2 N–H and O–H groups in total. The standard InChI is InChI=1S/C13H18FNO2/c1-16-7-9-5-10(14)6-11(17-2)12(9)13(8-15)3-4-13/h5-6H,3-4,7-8,15H2,1-2H3. The smallest absolute Gasteiger partial charge is 0.127 e. The van der Waals surface area contributed by atoms with Crippen LogP contribution in [0.1, 0.15) is 24.0 Å². The number of rotatable bonds is 5. The van der Waals surface area contributed by atoms with E-state index in [1.165, 1.54) is 12.1 Å². The first-order valence-electron chi connectivity index (χ1n) is 5.73. The van der Waals surface area contributed by atoms with E-state index in [-0.39, 0.29) is 11.2 Å². The summed E-state index contributed by atoms with van der Waals surface area (Å²) >= 11 is 0. The third-order valence-electron chi connectivity index (χ3n) is 3.44. The first-order valence-corrected chi connectivity index (χ1v) is 5.73. The van der Waals surface area contributed by atoms with Crippen LogP contribution in [0, 0.1) is 5.82 Å². The fraction of sp³-hybridized carbons (Fsp3) is 0.538. The Morgan fingerprint density at radius 3 is 2.53 bits per heavy atom. The van der Waals surface area contributed by atoms with Gasteiger partial charge in [0.1, 0.15) is 11.6 Å². The quantitative estimate of drug-likeness (QED) is 0.854. The summed E-state index contributed by atoms with van der Waals surface area (Å²) in [7, 11) is 3.16. The monoisotopic (exact) mass is 239 g/mol. The highest BCUT2D eigenvalue weighted by atomic mass is 19.1. The maximum Gasteiger partial charge on any atom is 0.127 e. The molecule has 1 aromatic rings. The summed E-state index contributed by atoms with van der Waals surface area (Å²) in [5, 5.41) is 0. The van der Waals surface area contributed by atoms with Gasteiger partial charge in [-0.1, -0.05) is 0 Å². The van der Waals surface area contributed by atoms with Crippen molar-refractivity contribution in [3.63, 3.8) is 0 Å². The van der Waals surface area contributed by atoms with Crippen molar-refractivity contribution < 1.29 is 13.9 Å². The summed E-state index contributed by atoms with van der Waals surface area (Å²) in [6, 6.07) is 2.93. The number of ether oxygens (including phenoxy) is 2. The molecule has 17 heavy (non-hydrogen) atoms. The molecule has 1 aromatic carbocycles. The number of hydrogen-bond acceptors (Lipinski definition) is 3. The van der Waals surface area contributed by atoms with Crippen molar-refractivity contribution in [2.75, 3.05) is 20.8 Å². The Morgan fingerprint density at radius 1 is 1.35 bits per heavy atom. The predicted octanol–water partition coefficient (Wildman–Crippen LogP) is 1.97. The van der Waals surface area contributed by atoms with E-state index in [1.807, 2.05) is 0 Å². The van der Waals surface area contributed by atoms with E-state index in [1.54, 1.807) is 14.2 Å². The van der Waals surface area contributed by atoms with Crippen LogP contribution in [0.15, 0.2) is 12.1 Å². The zero-order valence-electron chi connectivity index (χ0n) is 10.3. The van der Waals surface area contributed by atoms with Crippen molar-refractivity contribution in [1.29, 1.82) is 0 Å². The largest absolute Gasteiger partial charge is 0.496 e. The van der Waals surface area contributed by atoms with Crippen LogP contribution in [-0.4, -0.2) is 20.8 Å². The van der Waals surface area contributed by atoms with Crippen molar-refractivity contribution in [2.45, 2.75) is 24.9 Å². The van der Waals surface area contributed by atoms with Crippen molar-refractivity contribution in [3.8, 4) is 5.75 Å². The molecular formula is C13H18FNO2. The van der Waals surface area contributed by atoms with Gasteiger partial charge in [-0.05, 0) is 24.5 Å². The van der Waals surface area contributed by atoms with Gasteiger partial charge >= 0.3 is 0 Å². The molecule has 1 aliphatic rings. The molecule has 3 nitrogen and oxygen atoms in total. The highest BCUT2D eigenvalue weighted by molar-refractivity contribution is 5.49. The molecule has 1 fully saturated rings. The van der Waals surface area contributed by atoms with Crippen molar-refractivity contribution in [1.82, 2.24) is 0 Å². The molecule has 0 saturated heterocycles. The second kappa shape index (κ2) is 4.63. The first kappa shape index (κ1) is 12.3. The van der Waals surface area contributed by atoms with E-state index in [9.17, 15) is 4.39 Å². The molecule has 94 valence electrons. The van der Waals surface area contributed by atoms with E-state index >= 15 is 0 Å². The minimum absolute atomic E-state index is 0.0348. The van der Waals surface area contributed by atoms with Gasteiger partial charge in [-0.3, -0.25) is 0 Å². The lowest BCUT2D eigenvalue weighted by Gasteiger charge is -2.21. The molecule has 0 bridgehead atoms. The normalized spacial score (nSPS) is 16.9. The van der Waals surface area contributed by atoms with Crippen LogP contribution in [0.3, 0.4) is 0 Å². The van der Waals surface area contributed by atoms with Crippen LogP contribution in [0.2, 0.25) is 0 Å². The molecule has 0 amide bonds. The Kier molecular flexibility index (Phi) is 3.35. The van der Waals surface area contributed by atoms with Gasteiger partial charge in [0.25, 0.3) is 0 Å². The molecule has 1 aliphatic carbocycles. The third kappa shape index (κ3) is 2.15. The molecule has 4 heteroatoms. The van der Waals surface area contributed by atoms with Crippen LogP contribution in [0.25, 0.3) is 0 Å². The van der Waals surface area contributed by atoms with Gasteiger partial charge < -0.3 is 15.2 Å². The molecule has 0 unspecified atom stereocenters. The zero-order valence-corrected chi connectivity index (χ0v) is 10.3. The Labute approximate surface area is 101 Å². The number of halogens is 1. The van der Waals surface area contributed by atoms with Gasteiger partial charge in [0.2, 0.25) is 0 Å². The van der Waals surface area contributed by atoms with Crippen molar-refractivity contribution in [3.05, 3.63) is 29.1 Å². The zero-order chi connectivity index (χ0) is 12.5. The minimum atomic E-state index is -0.300. The minimum Gasteiger partial charge on any atom is -0.496 e. The van der Waals surface area contributed by atoms with Crippen LogP contribution < -0.4 is 10.5 Å². The Hall–Kier alpha value is -1.13. The molecular weight excluding hydrogens is 221 g/mol. The van der Waals surface area contributed by atoms with Gasteiger partial charge in [0.15, 0.2) is 0 Å². The van der Waals surface area contributed by atoms with Crippen LogP contribution >= 0.6 is 0 Å². The molecule has 0 radical (unpaired) electrons. The average molecular weight is 239 g/mol. The second-order valence-electron chi connectivity index (χ2n) is 4.56. The summed E-state index contributed by atoms with van der Waals surface area (Å²) in [5.41, 5.74) is 7.66. The molecule has 0 heterocycles. The fourth-order valence-corrected chi connectivity index (χ4v) is 2.38. The van der Waals surface area contributed by atoms with Gasteiger partial charge in [0.05, 0.1) is 13.7 Å². The van der Waals surface area contributed by atoms with E-state index in [0.717, 1.165) is 24.0 Å². The summed E-state index contributed by atoms with van der Waals surface area (Å²) < 4.78 is 23.9. The van der Waals surface area contributed by atoms with E-state index < -0.39 is 0 Å². The van der Waals surface area contributed by atoms with Gasteiger partial charge in [-0.25, -0.2) is 4.39 Å². The lowest BCUT2D eigenvalue weighted by molar-refractivity contribution is 0.182. The molecule has 0 aliphatic heterocycles. The highest BCUT2D eigenvalue weighted by Crippen LogP contribution is 2.52. The Morgan fingerprint density at radius 2 is 2.06 bits per heavy atom. The molecule has 0 spiro atoms. The maximum atomic E-state index is 13.5. The predicted molar refractivity (Wildman–Crippen MR) is 63.6 cm³/mol. The molecule has 1 saturated carbocycles. The highest BCUT2D eigenvalue weighted by Gasteiger charge is 2.46. The van der Waals surface area contributed by atoms with E-state index in [0.29, 0.717) is 18.9 Å². The Balaban J connectivity index is 2.52. The molecule has 0 aromatic heterocycles. The van der Waals surface area contributed by atoms with Crippen molar-refractivity contribution >= 4 is 0 Å². The lowest BCUT2D eigenvalue weighted by Crippen LogP contribution is -2.22. The number of nitrogens with two attached hydrogens (primary N) is 1. The Bertz CT molecular complexity index is 416. The second-order valence-corrected chi connectivity index (χ2v) is 4.56. The lowest BCUT2D eigenvalue weighted by atomic mass is 9.90. The molecule has 2 rings (SSSR count). The topological polar surface area (TPSA) is 44.5 Å². The maximum absolute atomic E-state index is 13.5. The summed E-state index contributed by atoms with van der Waals surface area (Å²) in [5.74, 6) is 0.283. The van der Waals surface area contributed by atoms with E-state index in [2.05, 4.69) is 0 Å². The summed E-state index contributed by atoms with van der Waals surface area (Å²) in [4.78, 5) is 0. The number of benzene rings is 1. The number of hydrogen-bond donors (Lipinski definition) is 1. The summed E-state index contributed by atoms with van der Waals surface area (Å²) in [6.45, 7) is 0.941. The average Bonchev–Trinajstić information content (AvgIpc) is 3.09. The van der Waals surface area contributed by atoms with Crippen LogP contribution in [-0.2, 0) is 16.8 Å². The SMILES string of the molecule is COCc1cc(F)cc(OC)c1C1(CN)CC1. The van der Waals surface area contributed by atoms with E-state index in [4.69, 9.17) is 15.2 Å². The van der Waals surface area contributed by atoms with Crippen molar-refractivity contribution in [2.24, 2.45) is 5.73 Å². The number of methoxy groups -OCH3 is 2.